The molecule has 1 fully saturated rings. The summed E-state index contributed by atoms with van der Waals surface area (Å²) in [7, 11) is 0. The van der Waals surface area contributed by atoms with Gasteiger partial charge < -0.3 is 4.79 Å². The zero-order valence-electron chi connectivity index (χ0n) is 6.60. The van der Waals surface area contributed by atoms with Gasteiger partial charge in [0, 0.05) is 12.3 Å². The van der Waals surface area contributed by atoms with E-state index in [-0.39, 0.29) is 0 Å². The number of fused-ring (bicyclic) bond motifs is 1. The molecule has 1 atom stereocenters. The van der Waals surface area contributed by atoms with Crippen LogP contribution in [0.4, 0.5) is 0 Å². The first-order valence-corrected chi connectivity index (χ1v) is 4.74. The monoisotopic (exact) mass is 198 g/mol. The van der Waals surface area contributed by atoms with Crippen molar-refractivity contribution in [3.8, 4) is 0 Å². The molecule has 68 valence electrons. The lowest BCUT2D eigenvalue weighted by molar-refractivity contribution is -0.141. The molecule has 6 heteroatoms. The quantitative estimate of drug-likeness (QED) is 0.411. The number of amidine groups is 1. The number of carbonyl (C=O) groups excluding carboxylic acids is 3. The van der Waals surface area contributed by atoms with Crippen molar-refractivity contribution in [3.05, 3.63) is 0 Å². The number of thioether (sulfide) groups is 1. The second-order valence-corrected chi connectivity index (χ2v) is 3.75. The molecule has 2 heterocycles. The average molecular weight is 198 g/mol. The number of aliphatic imine (C=N–C) groups is 1. The zero-order valence-corrected chi connectivity index (χ0v) is 7.41. The molecule has 0 saturated carbocycles. The molecule has 0 aromatic rings. The summed E-state index contributed by atoms with van der Waals surface area (Å²) in [6.07, 6.45) is 0.355. The minimum Gasteiger partial charge on any atom is -0.302 e. The fourth-order valence-electron chi connectivity index (χ4n) is 1.25. The fourth-order valence-corrected chi connectivity index (χ4v) is 2.20. The predicted octanol–water partition coefficient (Wildman–Crippen LogP) is -0.727. The van der Waals surface area contributed by atoms with E-state index in [0.717, 1.165) is 5.75 Å². The fraction of sp³-hybridized carbons (Fsp3) is 0.429. The van der Waals surface area contributed by atoms with Crippen LogP contribution in [-0.2, 0) is 14.4 Å². The van der Waals surface area contributed by atoms with E-state index in [4.69, 9.17) is 0 Å². The second kappa shape index (κ2) is 2.95. The van der Waals surface area contributed by atoms with Crippen LogP contribution in [0.15, 0.2) is 4.99 Å². The molecule has 1 saturated heterocycles. The number of rotatable bonds is 1. The molecule has 2 aliphatic rings. The second-order valence-electron chi connectivity index (χ2n) is 2.68. The van der Waals surface area contributed by atoms with Crippen molar-refractivity contribution in [2.45, 2.75) is 0 Å². The molecule has 0 N–H and O–H groups in total. The highest BCUT2D eigenvalue weighted by molar-refractivity contribution is 8.14. The number of aldehydes is 1. The molecule has 5 nitrogen and oxygen atoms in total. The van der Waals surface area contributed by atoms with E-state index >= 15 is 0 Å². The third kappa shape index (κ3) is 1.17. The number of hydrogen-bond acceptors (Lipinski definition) is 4. The SMILES string of the molecule is O=CC1C(=O)N=C2SCCN2C1=O. The van der Waals surface area contributed by atoms with Gasteiger partial charge in [0.2, 0.25) is 5.91 Å². The van der Waals surface area contributed by atoms with Crippen molar-refractivity contribution < 1.29 is 14.4 Å². The van der Waals surface area contributed by atoms with Gasteiger partial charge in [-0.2, -0.15) is 4.99 Å². The highest BCUT2D eigenvalue weighted by Gasteiger charge is 2.39. The summed E-state index contributed by atoms with van der Waals surface area (Å²) in [5, 5.41) is 0.438. The van der Waals surface area contributed by atoms with Gasteiger partial charge in [0.1, 0.15) is 6.29 Å². The Kier molecular flexibility index (Phi) is 1.91. The van der Waals surface area contributed by atoms with Crippen molar-refractivity contribution in [3.63, 3.8) is 0 Å². The first-order valence-electron chi connectivity index (χ1n) is 3.76. The van der Waals surface area contributed by atoms with Crippen LogP contribution in [0.2, 0.25) is 0 Å². The Morgan fingerprint density at radius 2 is 2.31 bits per heavy atom. The molecule has 2 aliphatic heterocycles. The largest absolute Gasteiger partial charge is 0.302 e. The third-order valence-corrected chi connectivity index (χ3v) is 2.87. The summed E-state index contributed by atoms with van der Waals surface area (Å²) in [6, 6.07) is 0. The molecular formula is C7H6N2O3S. The first-order chi connectivity index (χ1) is 6.24. The van der Waals surface area contributed by atoms with Crippen LogP contribution in [0.25, 0.3) is 0 Å². The van der Waals surface area contributed by atoms with Gasteiger partial charge >= 0.3 is 0 Å². The lowest BCUT2D eigenvalue weighted by Crippen LogP contribution is -2.44. The van der Waals surface area contributed by atoms with Crippen LogP contribution in [0.1, 0.15) is 0 Å². The lowest BCUT2D eigenvalue weighted by atomic mass is 10.1. The molecule has 13 heavy (non-hydrogen) atoms. The van der Waals surface area contributed by atoms with Crippen molar-refractivity contribution in [2.75, 3.05) is 12.3 Å². The number of carbonyl (C=O) groups is 3. The van der Waals surface area contributed by atoms with E-state index in [2.05, 4.69) is 4.99 Å². The number of nitrogens with zero attached hydrogens (tertiary/aromatic N) is 2. The Hall–Kier alpha value is -1.17. The summed E-state index contributed by atoms with van der Waals surface area (Å²) in [4.78, 5) is 38.0. The van der Waals surface area contributed by atoms with Crippen molar-refractivity contribution in [1.29, 1.82) is 0 Å². The molecule has 2 amide bonds. The summed E-state index contributed by atoms with van der Waals surface area (Å²) in [5.41, 5.74) is 0. The van der Waals surface area contributed by atoms with Crippen molar-refractivity contribution in [1.82, 2.24) is 4.90 Å². The van der Waals surface area contributed by atoms with E-state index in [1.54, 1.807) is 0 Å². The van der Waals surface area contributed by atoms with Gasteiger partial charge in [-0.3, -0.25) is 14.5 Å². The topological polar surface area (TPSA) is 66.8 Å². The summed E-state index contributed by atoms with van der Waals surface area (Å²) in [5.74, 6) is -1.54. The van der Waals surface area contributed by atoms with Crippen LogP contribution in [0, 0.1) is 5.92 Å². The van der Waals surface area contributed by atoms with Gasteiger partial charge in [-0.15, -0.1) is 0 Å². The number of hydrogen-bond donors (Lipinski definition) is 0. The van der Waals surface area contributed by atoms with E-state index in [0.29, 0.717) is 18.0 Å². The highest BCUT2D eigenvalue weighted by atomic mass is 32.2. The third-order valence-electron chi connectivity index (χ3n) is 1.92. The van der Waals surface area contributed by atoms with Gasteiger partial charge in [-0.25, -0.2) is 0 Å². The maximum Gasteiger partial charge on any atom is 0.267 e. The van der Waals surface area contributed by atoms with Crippen molar-refractivity contribution >= 4 is 35.0 Å². The van der Waals surface area contributed by atoms with E-state index < -0.39 is 17.7 Å². The summed E-state index contributed by atoms with van der Waals surface area (Å²) < 4.78 is 0. The molecule has 0 aromatic heterocycles. The molecule has 0 bridgehead atoms. The molecule has 0 aromatic carbocycles. The van der Waals surface area contributed by atoms with Gasteiger partial charge in [0.05, 0.1) is 0 Å². The van der Waals surface area contributed by atoms with Gasteiger partial charge in [0.25, 0.3) is 5.91 Å². The Labute approximate surface area is 78.2 Å². The normalized spacial score (nSPS) is 27.2. The zero-order chi connectivity index (χ0) is 9.42. The summed E-state index contributed by atoms with van der Waals surface area (Å²) in [6.45, 7) is 0.542. The molecule has 1 unspecified atom stereocenters. The minimum atomic E-state index is -1.21. The highest BCUT2D eigenvalue weighted by Crippen LogP contribution is 2.24. The maximum atomic E-state index is 11.4. The van der Waals surface area contributed by atoms with Crippen LogP contribution < -0.4 is 0 Å². The molecular weight excluding hydrogens is 192 g/mol. The predicted molar refractivity (Wildman–Crippen MR) is 46.2 cm³/mol. The summed E-state index contributed by atoms with van der Waals surface area (Å²) >= 11 is 1.36. The molecule has 2 rings (SSSR count). The first kappa shape index (κ1) is 8.43. The van der Waals surface area contributed by atoms with E-state index in [9.17, 15) is 14.4 Å². The van der Waals surface area contributed by atoms with Crippen LogP contribution in [0.3, 0.4) is 0 Å². The Morgan fingerprint density at radius 3 is 3.00 bits per heavy atom. The van der Waals surface area contributed by atoms with E-state index in [1.165, 1.54) is 16.7 Å². The number of amides is 2. The van der Waals surface area contributed by atoms with Gasteiger partial charge in [-0.1, -0.05) is 11.8 Å². The Morgan fingerprint density at radius 1 is 1.54 bits per heavy atom. The maximum absolute atomic E-state index is 11.4. The molecule has 0 radical (unpaired) electrons. The lowest BCUT2D eigenvalue weighted by Gasteiger charge is -2.21. The standard InChI is InChI=1S/C7H6N2O3S/c10-3-4-5(11)8-7-9(6(4)12)1-2-13-7/h3-4H,1-2H2. The van der Waals surface area contributed by atoms with Crippen molar-refractivity contribution in [2.24, 2.45) is 10.9 Å². The smallest absolute Gasteiger partial charge is 0.267 e. The molecule has 0 spiro atoms. The van der Waals surface area contributed by atoms with Gasteiger partial charge in [-0.05, 0) is 0 Å². The average Bonchev–Trinajstić information content (AvgIpc) is 2.53. The van der Waals surface area contributed by atoms with E-state index in [1.807, 2.05) is 0 Å². The van der Waals surface area contributed by atoms with Gasteiger partial charge in [0.15, 0.2) is 11.1 Å². The van der Waals surface area contributed by atoms with Crippen LogP contribution in [0.5, 0.6) is 0 Å². The molecule has 0 aliphatic carbocycles. The van der Waals surface area contributed by atoms with Crippen LogP contribution in [-0.4, -0.2) is 40.5 Å². The van der Waals surface area contributed by atoms with Crippen LogP contribution >= 0.6 is 11.8 Å². The Balaban J connectivity index is 2.38. The Bertz CT molecular complexity index is 326. The minimum absolute atomic E-state index is 0.355.